The second kappa shape index (κ2) is 8.14. The average Bonchev–Trinajstić information content (AvgIpc) is 3.12. The summed E-state index contributed by atoms with van der Waals surface area (Å²) in [5, 5.41) is 3.24. The van der Waals surface area contributed by atoms with Crippen molar-refractivity contribution in [2.75, 3.05) is 13.1 Å². The Balaban J connectivity index is 1.52. The Morgan fingerprint density at radius 2 is 1.70 bits per heavy atom. The normalized spacial score (nSPS) is 19.7. The fourth-order valence-electron chi connectivity index (χ4n) is 3.79. The molecule has 0 aliphatic carbocycles. The van der Waals surface area contributed by atoms with Gasteiger partial charge in [-0.05, 0) is 23.3 Å². The van der Waals surface area contributed by atoms with E-state index in [1.807, 2.05) is 12.1 Å². The van der Waals surface area contributed by atoms with Gasteiger partial charge in [-0.25, -0.2) is 0 Å². The fourth-order valence-corrected chi connectivity index (χ4v) is 3.79. The maximum atomic E-state index is 12.7. The van der Waals surface area contributed by atoms with Gasteiger partial charge in [-0.2, -0.15) is 0 Å². The molecule has 1 amide bonds. The molecule has 2 atom stereocenters. The van der Waals surface area contributed by atoms with Crippen LogP contribution in [0.15, 0.2) is 85.2 Å². The summed E-state index contributed by atoms with van der Waals surface area (Å²) in [4.78, 5) is 19.1. The predicted molar refractivity (Wildman–Crippen MR) is 106 cm³/mol. The Labute approximate surface area is 159 Å². The van der Waals surface area contributed by atoms with Crippen LogP contribution in [-0.2, 0) is 6.54 Å². The third-order valence-electron chi connectivity index (χ3n) is 5.11. The molecule has 1 saturated heterocycles. The molecule has 27 heavy (non-hydrogen) atoms. The van der Waals surface area contributed by atoms with E-state index in [1.54, 1.807) is 24.5 Å². The van der Waals surface area contributed by atoms with E-state index in [4.69, 9.17) is 0 Å². The molecule has 2 aromatic carbocycles. The van der Waals surface area contributed by atoms with Crippen molar-refractivity contribution in [3.8, 4) is 0 Å². The Hall–Kier alpha value is -2.98. The van der Waals surface area contributed by atoms with Gasteiger partial charge in [-0.15, -0.1) is 0 Å². The van der Waals surface area contributed by atoms with Gasteiger partial charge in [-0.1, -0.05) is 60.7 Å². The molecule has 1 fully saturated rings. The van der Waals surface area contributed by atoms with Crippen LogP contribution in [0.25, 0.3) is 0 Å². The number of likely N-dealkylation sites (tertiary alicyclic amines) is 1. The number of nitrogens with zero attached hydrogens (tertiary/aromatic N) is 2. The fraction of sp³-hybridized carbons (Fsp3) is 0.217. The zero-order chi connectivity index (χ0) is 18.5. The summed E-state index contributed by atoms with van der Waals surface area (Å²) in [6.45, 7) is 2.65. The number of carbonyl (C=O) groups excluding carboxylic acids is 1. The summed E-state index contributed by atoms with van der Waals surface area (Å²) >= 11 is 0. The molecule has 1 aromatic heterocycles. The SMILES string of the molecule is O=C(N[C@@H]1CN(Cc2ccccc2)C[C@H]1c1ccccc1)c1cccnc1. The number of hydrogen-bond donors (Lipinski definition) is 1. The van der Waals surface area contributed by atoms with Crippen molar-refractivity contribution < 1.29 is 4.79 Å². The number of nitrogens with one attached hydrogen (secondary N) is 1. The highest BCUT2D eigenvalue weighted by Gasteiger charge is 2.34. The first kappa shape index (κ1) is 17.4. The highest BCUT2D eigenvalue weighted by molar-refractivity contribution is 5.94. The maximum Gasteiger partial charge on any atom is 0.253 e. The first-order valence-corrected chi connectivity index (χ1v) is 9.32. The van der Waals surface area contributed by atoms with Crippen LogP contribution in [0.1, 0.15) is 27.4 Å². The second-order valence-corrected chi connectivity index (χ2v) is 7.02. The van der Waals surface area contributed by atoms with E-state index >= 15 is 0 Å². The number of rotatable bonds is 5. The highest BCUT2D eigenvalue weighted by Crippen LogP contribution is 2.29. The van der Waals surface area contributed by atoms with Crippen LogP contribution in [0.4, 0.5) is 0 Å². The first-order valence-electron chi connectivity index (χ1n) is 9.32. The lowest BCUT2D eigenvalue weighted by Crippen LogP contribution is -2.39. The minimum absolute atomic E-state index is 0.0596. The molecule has 0 saturated carbocycles. The molecule has 136 valence electrons. The van der Waals surface area contributed by atoms with Crippen LogP contribution in [-0.4, -0.2) is 34.9 Å². The molecular weight excluding hydrogens is 334 g/mol. The molecule has 2 heterocycles. The highest BCUT2D eigenvalue weighted by atomic mass is 16.1. The zero-order valence-electron chi connectivity index (χ0n) is 15.2. The molecule has 0 bridgehead atoms. The van der Waals surface area contributed by atoms with Gasteiger partial charge in [0.15, 0.2) is 0 Å². The zero-order valence-corrected chi connectivity index (χ0v) is 15.2. The van der Waals surface area contributed by atoms with E-state index in [0.29, 0.717) is 5.56 Å². The van der Waals surface area contributed by atoms with E-state index in [2.05, 4.69) is 63.7 Å². The molecule has 0 radical (unpaired) electrons. The van der Waals surface area contributed by atoms with E-state index in [9.17, 15) is 4.79 Å². The van der Waals surface area contributed by atoms with E-state index in [0.717, 1.165) is 19.6 Å². The summed E-state index contributed by atoms with van der Waals surface area (Å²) in [5.41, 5.74) is 3.17. The lowest BCUT2D eigenvalue weighted by molar-refractivity contribution is 0.0934. The standard InChI is InChI=1S/C23H23N3O/c27-23(20-12-7-13-24-14-20)25-22-17-26(15-18-8-3-1-4-9-18)16-21(22)19-10-5-2-6-11-19/h1-14,21-22H,15-17H2,(H,25,27)/t21-,22+/m0/s1. The Bertz CT molecular complexity index is 868. The molecule has 0 unspecified atom stereocenters. The topological polar surface area (TPSA) is 45.2 Å². The van der Waals surface area contributed by atoms with Crippen LogP contribution < -0.4 is 5.32 Å². The van der Waals surface area contributed by atoms with Gasteiger partial charge < -0.3 is 5.32 Å². The number of carbonyl (C=O) groups is 1. The van der Waals surface area contributed by atoms with Crippen LogP contribution in [0, 0.1) is 0 Å². The van der Waals surface area contributed by atoms with Crippen LogP contribution in [0.2, 0.25) is 0 Å². The predicted octanol–water partition coefficient (Wildman–Crippen LogP) is 3.48. The van der Waals surface area contributed by atoms with Crippen molar-refractivity contribution in [1.82, 2.24) is 15.2 Å². The third-order valence-corrected chi connectivity index (χ3v) is 5.11. The van der Waals surface area contributed by atoms with E-state index in [-0.39, 0.29) is 17.9 Å². The summed E-state index contributed by atoms with van der Waals surface area (Å²) in [6, 6.07) is 24.6. The Kier molecular flexibility index (Phi) is 5.26. The molecule has 1 aliphatic heterocycles. The molecule has 3 aromatic rings. The average molecular weight is 357 g/mol. The van der Waals surface area contributed by atoms with Crippen molar-refractivity contribution >= 4 is 5.91 Å². The minimum Gasteiger partial charge on any atom is -0.347 e. The van der Waals surface area contributed by atoms with Crippen LogP contribution in [0.5, 0.6) is 0 Å². The maximum absolute atomic E-state index is 12.7. The molecule has 4 nitrogen and oxygen atoms in total. The number of pyridine rings is 1. The number of hydrogen-bond acceptors (Lipinski definition) is 3. The number of aromatic nitrogens is 1. The summed E-state index contributed by atoms with van der Waals surface area (Å²) < 4.78 is 0. The summed E-state index contributed by atoms with van der Waals surface area (Å²) in [6.07, 6.45) is 3.30. The first-order chi connectivity index (χ1) is 13.3. The van der Waals surface area contributed by atoms with Gasteiger partial charge in [0.25, 0.3) is 5.91 Å². The Morgan fingerprint density at radius 3 is 2.41 bits per heavy atom. The number of amides is 1. The molecule has 0 spiro atoms. The van der Waals surface area contributed by atoms with Gasteiger partial charge >= 0.3 is 0 Å². The van der Waals surface area contributed by atoms with Gasteiger partial charge in [-0.3, -0.25) is 14.7 Å². The smallest absolute Gasteiger partial charge is 0.253 e. The largest absolute Gasteiger partial charge is 0.347 e. The van der Waals surface area contributed by atoms with Crippen molar-refractivity contribution in [2.45, 2.75) is 18.5 Å². The lowest BCUT2D eigenvalue weighted by Gasteiger charge is -2.20. The summed E-state index contributed by atoms with van der Waals surface area (Å²) in [7, 11) is 0. The second-order valence-electron chi connectivity index (χ2n) is 7.02. The molecule has 1 N–H and O–H groups in total. The van der Waals surface area contributed by atoms with E-state index < -0.39 is 0 Å². The van der Waals surface area contributed by atoms with Gasteiger partial charge in [0.05, 0.1) is 5.56 Å². The van der Waals surface area contributed by atoms with Crippen LogP contribution >= 0.6 is 0 Å². The van der Waals surface area contributed by atoms with Gasteiger partial charge in [0.1, 0.15) is 0 Å². The van der Waals surface area contributed by atoms with Crippen molar-refractivity contribution in [1.29, 1.82) is 0 Å². The lowest BCUT2D eigenvalue weighted by atomic mass is 9.94. The van der Waals surface area contributed by atoms with Gasteiger partial charge in [0.2, 0.25) is 0 Å². The molecular formula is C23H23N3O. The minimum atomic E-state index is -0.0596. The van der Waals surface area contributed by atoms with Crippen molar-refractivity contribution in [2.24, 2.45) is 0 Å². The number of benzene rings is 2. The molecule has 1 aliphatic rings. The van der Waals surface area contributed by atoms with Crippen molar-refractivity contribution in [3.05, 3.63) is 102 Å². The Morgan fingerprint density at radius 1 is 0.963 bits per heavy atom. The van der Waals surface area contributed by atoms with E-state index in [1.165, 1.54) is 11.1 Å². The third kappa shape index (κ3) is 4.23. The van der Waals surface area contributed by atoms with Gasteiger partial charge in [0, 0.05) is 44.0 Å². The summed E-state index contributed by atoms with van der Waals surface area (Å²) in [5.74, 6) is 0.214. The van der Waals surface area contributed by atoms with Crippen LogP contribution in [0.3, 0.4) is 0 Å². The molecule has 4 heteroatoms. The molecule has 4 rings (SSSR count). The monoisotopic (exact) mass is 357 g/mol. The quantitative estimate of drug-likeness (QED) is 0.760. The van der Waals surface area contributed by atoms with Crippen molar-refractivity contribution in [3.63, 3.8) is 0 Å².